The molecule has 0 aromatic carbocycles. The molecule has 0 amide bonds. The van der Waals surface area contributed by atoms with Gasteiger partial charge in [-0.25, -0.2) is 4.98 Å². The summed E-state index contributed by atoms with van der Waals surface area (Å²) in [6.45, 7) is 0. The van der Waals surface area contributed by atoms with E-state index in [1.165, 1.54) is 0 Å². The van der Waals surface area contributed by atoms with Gasteiger partial charge in [0.15, 0.2) is 5.65 Å². The highest BCUT2D eigenvalue weighted by atomic mass is 79.9. The van der Waals surface area contributed by atoms with Crippen LogP contribution in [0.25, 0.3) is 28.0 Å². The number of rotatable bonds is 4. The highest BCUT2D eigenvalue weighted by Crippen LogP contribution is 2.40. The molecular weight excluding hydrogens is 472 g/mol. The largest absolute Gasteiger partial charge is 0.481 e. The Bertz CT molecular complexity index is 1280. The van der Waals surface area contributed by atoms with Crippen molar-refractivity contribution in [2.24, 2.45) is 5.92 Å². The number of hydrogen-bond donors (Lipinski definition) is 2. The molecule has 4 aromatic rings. The predicted molar refractivity (Wildman–Crippen MR) is 124 cm³/mol. The molecule has 1 saturated carbocycles. The molecule has 1 fully saturated rings. The molecule has 0 atom stereocenters. The molecule has 0 spiro atoms. The summed E-state index contributed by atoms with van der Waals surface area (Å²) in [5, 5.41) is 13.7. The minimum atomic E-state index is -0.717. The van der Waals surface area contributed by atoms with Crippen LogP contribution in [0.15, 0.2) is 53.5 Å². The summed E-state index contributed by atoms with van der Waals surface area (Å²) in [4.78, 5) is 25.0. The fourth-order valence-electron chi connectivity index (χ4n) is 4.34. The fourth-order valence-corrected chi connectivity index (χ4v) is 4.92. The van der Waals surface area contributed by atoms with Crippen molar-refractivity contribution in [1.29, 1.82) is 0 Å². The summed E-state index contributed by atoms with van der Waals surface area (Å²) in [5.74, 6) is -0.357. The van der Waals surface area contributed by atoms with E-state index >= 15 is 0 Å². The van der Waals surface area contributed by atoms with Gasteiger partial charge in [-0.05, 0) is 59.8 Å². The SMILES string of the molecule is Nc1c(Br)c(C2CCC(C(=O)O)CC2)nc2c(-c3ccc(-c4cccnc4)nc3)cnn12. The molecule has 1 aliphatic rings. The van der Waals surface area contributed by atoms with Gasteiger partial charge in [0.25, 0.3) is 0 Å². The van der Waals surface area contributed by atoms with Gasteiger partial charge in [0.1, 0.15) is 5.82 Å². The third-order valence-corrected chi connectivity index (χ3v) is 6.96. The Kier molecular flexibility index (Phi) is 5.34. The van der Waals surface area contributed by atoms with E-state index in [0.29, 0.717) is 24.3 Å². The molecule has 5 rings (SSSR count). The first-order valence-corrected chi connectivity index (χ1v) is 11.2. The van der Waals surface area contributed by atoms with Crippen molar-refractivity contribution >= 4 is 33.4 Å². The lowest BCUT2D eigenvalue weighted by Crippen LogP contribution is -2.21. The number of carbonyl (C=O) groups is 1. The van der Waals surface area contributed by atoms with Crippen molar-refractivity contribution in [3.8, 4) is 22.4 Å². The number of nitrogen functional groups attached to an aromatic ring is 1. The van der Waals surface area contributed by atoms with Gasteiger partial charge in [0.05, 0.1) is 28.0 Å². The number of aliphatic carboxylic acids is 1. The van der Waals surface area contributed by atoms with Crippen molar-refractivity contribution in [3.05, 3.63) is 59.2 Å². The smallest absolute Gasteiger partial charge is 0.306 e. The second-order valence-corrected chi connectivity index (χ2v) is 8.84. The molecular formula is C23H21BrN6O2. The first-order valence-electron chi connectivity index (χ1n) is 10.4. The van der Waals surface area contributed by atoms with Gasteiger partial charge in [-0.2, -0.15) is 9.61 Å². The molecule has 0 saturated heterocycles. The molecule has 1 aliphatic carbocycles. The van der Waals surface area contributed by atoms with Crippen LogP contribution in [0, 0.1) is 5.92 Å². The number of aromatic nitrogens is 5. The Labute approximate surface area is 192 Å². The molecule has 8 nitrogen and oxygen atoms in total. The lowest BCUT2D eigenvalue weighted by molar-refractivity contribution is -0.142. The van der Waals surface area contributed by atoms with Crippen molar-refractivity contribution in [1.82, 2.24) is 24.6 Å². The highest BCUT2D eigenvalue weighted by molar-refractivity contribution is 9.10. The van der Waals surface area contributed by atoms with E-state index in [4.69, 9.17) is 10.7 Å². The highest BCUT2D eigenvalue weighted by Gasteiger charge is 2.30. The van der Waals surface area contributed by atoms with Crippen LogP contribution >= 0.6 is 15.9 Å². The minimum Gasteiger partial charge on any atom is -0.481 e. The zero-order valence-corrected chi connectivity index (χ0v) is 18.7. The van der Waals surface area contributed by atoms with Crippen molar-refractivity contribution in [3.63, 3.8) is 0 Å². The van der Waals surface area contributed by atoms with E-state index in [1.54, 1.807) is 29.3 Å². The van der Waals surface area contributed by atoms with Gasteiger partial charge in [0, 0.05) is 41.2 Å². The van der Waals surface area contributed by atoms with Gasteiger partial charge in [-0.15, -0.1) is 0 Å². The zero-order chi connectivity index (χ0) is 22.2. The monoisotopic (exact) mass is 492 g/mol. The first-order chi connectivity index (χ1) is 15.5. The molecule has 4 aromatic heterocycles. The van der Waals surface area contributed by atoms with Crippen LogP contribution in [-0.2, 0) is 4.79 Å². The number of fused-ring (bicyclic) bond motifs is 1. The Morgan fingerprint density at radius 3 is 2.56 bits per heavy atom. The van der Waals surface area contributed by atoms with E-state index in [9.17, 15) is 9.90 Å². The standard InChI is InChI=1S/C23H21BrN6O2/c24-19-20(13-3-5-14(6-4-13)23(31)32)29-22-17(12-28-30(22)21(19)25)15-7-8-18(27-11-15)16-2-1-9-26-10-16/h1-2,7-14H,3-6,25H2,(H,31,32). The summed E-state index contributed by atoms with van der Waals surface area (Å²) in [6.07, 6.45) is 9.88. The maximum absolute atomic E-state index is 11.3. The number of carboxylic acid groups (broad SMARTS) is 1. The quantitative estimate of drug-likeness (QED) is 0.428. The second-order valence-electron chi connectivity index (χ2n) is 8.05. The van der Waals surface area contributed by atoms with E-state index in [0.717, 1.165) is 45.4 Å². The van der Waals surface area contributed by atoms with Crippen LogP contribution in [0.5, 0.6) is 0 Å². The Morgan fingerprint density at radius 2 is 1.91 bits per heavy atom. The van der Waals surface area contributed by atoms with E-state index in [-0.39, 0.29) is 11.8 Å². The number of pyridine rings is 2. The van der Waals surface area contributed by atoms with Gasteiger partial charge in [-0.3, -0.25) is 14.8 Å². The van der Waals surface area contributed by atoms with Crippen LogP contribution in [0.2, 0.25) is 0 Å². The molecule has 0 radical (unpaired) electrons. The summed E-state index contributed by atoms with van der Waals surface area (Å²) < 4.78 is 2.35. The van der Waals surface area contributed by atoms with Crippen LogP contribution in [-0.4, -0.2) is 35.6 Å². The predicted octanol–water partition coefficient (Wildman–Crippen LogP) is 4.56. The average Bonchev–Trinajstić information content (AvgIpc) is 3.26. The Hall–Kier alpha value is -3.33. The van der Waals surface area contributed by atoms with Crippen molar-refractivity contribution in [2.75, 3.05) is 5.73 Å². The van der Waals surface area contributed by atoms with Crippen LogP contribution in [0.4, 0.5) is 5.82 Å². The van der Waals surface area contributed by atoms with Gasteiger partial charge in [-0.1, -0.05) is 6.07 Å². The molecule has 3 N–H and O–H groups in total. The first kappa shape index (κ1) is 20.6. The van der Waals surface area contributed by atoms with Gasteiger partial charge in [0.2, 0.25) is 0 Å². The number of carboxylic acids is 1. The third kappa shape index (κ3) is 3.62. The van der Waals surface area contributed by atoms with Gasteiger partial charge >= 0.3 is 5.97 Å². The van der Waals surface area contributed by atoms with Crippen LogP contribution in [0.1, 0.15) is 37.3 Å². The molecule has 32 heavy (non-hydrogen) atoms. The van der Waals surface area contributed by atoms with E-state index in [1.807, 2.05) is 24.3 Å². The number of nitrogens with zero attached hydrogens (tertiary/aromatic N) is 5. The second kappa shape index (κ2) is 8.31. The molecule has 162 valence electrons. The average molecular weight is 493 g/mol. The van der Waals surface area contributed by atoms with Crippen LogP contribution < -0.4 is 5.73 Å². The number of anilines is 1. The zero-order valence-electron chi connectivity index (χ0n) is 17.1. The molecule has 9 heteroatoms. The van der Waals surface area contributed by atoms with E-state index in [2.05, 4.69) is 31.0 Å². The summed E-state index contributed by atoms with van der Waals surface area (Å²) in [5.41, 5.74) is 11.4. The van der Waals surface area contributed by atoms with Gasteiger partial charge < -0.3 is 10.8 Å². The minimum absolute atomic E-state index is 0.154. The lowest BCUT2D eigenvalue weighted by Gasteiger charge is -2.26. The summed E-state index contributed by atoms with van der Waals surface area (Å²) >= 11 is 3.60. The number of halogens is 1. The van der Waals surface area contributed by atoms with Crippen molar-refractivity contribution in [2.45, 2.75) is 31.6 Å². The van der Waals surface area contributed by atoms with E-state index < -0.39 is 5.97 Å². The fraction of sp³-hybridized carbons (Fsp3) is 0.261. The molecule has 0 aliphatic heterocycles. The number of hydrogen-bond acceptors (Lipinski definition) is 6. The maximum atomic E-state index is 11.3. The normalized spacial score (nSPS) is 18.7. The maximum Gasteiger partial charge on any atom is 0.306 e. The lowest BCUT2D eigenvalue weighted by atomic mass is 9.80. The topological polar surface area (TPSA) is 119 Å². The van der Waals surface area contributed by atoms with Crippen molar-refractivity contribution < 1.29 is 9.90 Å². The Balaban J connectivity index is 1.51. The molecule has 0 bridgehead atoms. The Morgan fingerprint density at radius 1 is 1.09 bits per heavy atom. The molecule has 4 heterocycles. The summed E-state index contributed by atoms with van der Waals surface area (Å²) in [6, 6.07) is 7.79. The third-order valence-electron chi connectivity index (χ3n) is 6.14. The van der Waals surface area contributed by atoms with Crippen LogP contribution in [0.3, 0.4) is 0 Å². The molecule has 0 unspecified atom stereocenters. The summed E-state index contributed by atoms with van der Waals surface area (Å²) in [7, 11) is 0. The number of nitrogens with two attached hydrogens (primary N) is 1.